The first-order valence-electron chi connectivity index (χ1n) is 8.52. The van der Waals surface area contributed by atoms with Gasteiger partial charge in [-0.2, -0.15) is 0 Å². The summed E-state index contributed by atoms with van der Waals surface area (Å²) in [6.45, 7) is 3.65. The lowest BCUT2D eigenvalue weighted by Crippen LogP contribution is -2.54. The number of piperazine rings is 1. The number of carbonyl (C=O) groups is 2. The molecule has 0 aliphatic carbocycles. The molecule has 2 aromatic rings. The molecule has 2 amide bonds. The van der Waals surface area contributed by atoms with Crippen molar-refractivity contribution in [1.29, 1.82) is 0 Å². The maximum Gasteiger partial charge on any atom is 0.264 e. The molecule has 1 atom stereocenters. The van der Waals surface area contributed by atoms with Crippen molar-refractivity contribution in [3.05, 3.63) is 34.0 Å². The topological polar surface area (TPSA) is 56.8 Å². The van der Waals surface area contributed by atoms with Crippen LogP contribution in [0.25, 0.3) is 0 Å². The highest BCUT2D eigenvalue weighted by molar-refractivity contribution is 7.13. The third-order valence-electron chi connectivity index (χ3n) is 4.81. The van der Waals surface area contributed by atoms with Crippen LogP contribution in [0.1, 0.15) is 22.5 Å². The first kappa shape index (κ1) is 16.5. The maximum atomic E-state index is 13.0. The Bertz CT molecular complexity index is 724. The van der Waals surface area contributed by atoms with Gasteiger partial charge in [0.25, 0.3) is 5.91 Å². The van der Waals surface area contributed by atoms with Crippen LogP contribution in [0.4, 0.5) is 5.13 Å². The average Bonchev–Trinajstić information content (AvgIpc) is 3.43. The van der Waals surface area contributed by atoms with E-state index in [0.717, 1.165) is 31.1 Å². The van der Waals surface area contributed by atoms with Crippen LogP contribution in [-0.2, 0) is 4.79 Å². The molecule has 2 saturated heterocycles. The molecule has 0 N–H and O–H groups in total. The third kappa shape index (κ3) is 3.28. The minimum Gasteiger partial charge on any atom is -0.345 e. The first-order chi connectivity index (χ1) is 12.2. The van der Waals surface area contributed by atoms with Crippen LogP contribution in [0, 0.1) is 0 Å². The van der Waals surface area contributed by atoms with Crippen LogP contribution in [0.5, 0.6) is 0 Å². The number of carbonyl (C=O) groups excluding carboxylic acids is 2. The molecule has 4 rings (SSSR count). The average molecular weight is 377 g/mol. The maximum absolute atomic E-state index is 13.0. The summed E-state index contributed by atoms with van der Waals surface area (Å²) < 4.78 is 0. The van der Waals surface area contributed by atoms with Crippen molar-refractivity contribution >= 4 is 39.6 Å². The molecule has 0 radical (unpaired) electrons. The first-order valence-corrected chi connectivity index (χ1v) is 10.3. The second kappa shape index (κ2) is 7.13. The van der Waals surface area contributed by atoms with Gasteiger partial charge in [-0.3, -0.25) is 9.59 Å². The predicted octanol–water partition coefficient (Wildman–Crippen LogP) is 2.16. The summed E-state index contributed by atoms with van der Waals surface area (Å²) in [5, 5.41) is 4.89. The Balaban J connectivity index is 1.40. The van der Waals surface area contributed by atoms with E-state index in [9.17, 15) is 9.59 Å². The number of anilines is 1. The van der Waals surface area contributed by atoms with Gasteiger partial charge in [-0.25, -0.2) is 4.98 Å². The highest BCUT2D eigenvalue weighted by Gasteiger charge is 2.38. The monoisotopic (exact) mass is 376 g/mol. The molecule has 2 fully saturated rings. The molecule has 6 nitrogen and oxygen atoms in total. The zero-order valence-electron chi connectivity index (χ0n) is 13.8. The summed E-state index contributed by atoms with van der Waals surface area (Å²) in [5.41, 5.74) is 0. The van der Waals surface area contributed by atoms with Crippen LogP contribution in [0.15, 0.2) is 29.1 Å². The van der Waals surface area contributed by atoms with Gasteiger partial charge in [0.05, 0.1) is 4.88 Å². The highest BCUT2D eigenvalue weighted by Crippen LogP contribution is 2.25. The van der Waals surface area contributed by atoms with Gasteiger partial charge in [-0.1, -0.05) is 6.07 Å². The molecular weight excluding hydrogens is 356 g/mol. The highest BCUT2D eigenvalue weighted by atomic mass is 32.1. The normalized spacial score (nSPS) is 21.0. The van der Waals surface area contributed by atoms with Crippen molar-refractivity contribution < 1.29 is 9.59 Å². The Morgan fingerprint density at radius 3 is 2.60 bits per heavy atom. The largest absolute Gasteiger partial charge is 0.345 e. The SMILES string of the molecule is O=C([C@@H]1CCCN1C(=O)c1cccs1)N1CCN(c2nccs2)CC1. The van der Waals surface area contributed by atoms with E-state index in [4.69, 9.17) is 0 Å². The number of hydrogen-bond donors (Lipinski definition) is 0. The van der Waals surface area contributed by atoms with Crippen molar-refractivity contribution in [1.82, 2.24) is 14.8 Å². The lowest BCUT2D eigenvalue weighted by atomic mass is 10.1. The number of amides is 2. The summed E-state index contributed by atoms with van der Waals surface area (Å²) in [5.74, 6) is 0.0912. The van der Waals surface area contributed by atoms with Crippen molar-refractivity contribution in [2.24, 2.45) is 0 Å². The van der Waals surface area contributed by atoms with Gasteiger partial charge in [0, 0.05) is 44.3 Å². The van der Waals surface area contributed by atoms with Crippen LogP contribution < -0.4 is 4.90 Å². The van der Waals surface area contributed by atoms with Crippen molar-refractivity contribution in [2.75, 3.05) is 37.6 Å². The smallest absolute Gasteiger partial charge is 0.264 e. The second-order valence-electron chi connectivity index (χ2n) is 6.26. The van der Waals surface area contributed by atoms with E-state index in [1.165, 1.54) is 11.3 Å². The molecule has 2 aliphatic heterocycles. The summed E-state index contributed by atoms with van der Waals surface area (Å²) >= 11 is 3.06. The van der Waals surface area contributed by atoms with Crippen molar-refractivity contribution in [3.8, 4) is 0 Å². The summed E-state index contributed by atoms with van der Waals surface area (Å²) in [4.78, 5) is 36.6. The molecule has 2 aliphatic rings. The Morgan fingerprint density at radius 1 is 1.08 bits per heavy atom. The number of hydrogen-bond acceptors (Lipinski definition) is 6. The molecule has 8 heteroatoms. The summed E-state index contributed by atoms with van der Waals surface area (Å²) in [6.07, 6.45) is 3.47. The molecule has 25 heavy (non-hydrogen) atoms. The summed E-state index contributed by atoms with van der Waals surface area (Å²) in [6, 6.07) is 3.41. The molecule has 0 aromatic carbocycles. The number of aromatic nitrogens is 1. The van der Waals surface area contributed by atoms with E-state index in [1.807, 2.05) is 34.0 Å². The van der Waals surface area contributed by atoms with Gasteiger partial charge in [0.2, 0.25) is 5.91 Å². The molecule has 0 saturated carbocycles. The lowest BCUT2D eigenvalue weighted by molar-refractivity contribution is -0.135. The Labute approximate surface area is 154 Å². The summed E-state index contributed by atoms with van der Waals surface area (Å²) in [7, 11) is 0. The van der Waals surface area contributed by atoms with Crippen LogP contribution in [-0.4, -0.2) is 65.4 Å². The zero-order chi connectivity index (χ0) is 17.2. The molecule has 4 heterocycles. The molecule has 0 spiro atoms. The van der Waals surface area contributed by atoms with E-state index in [0.29, 0.717) is 24.5 Å². The fourth-order valence-corrected chi connectivity index (χ4v) is 4.89. The molecule has 2 aromatic heterocycles. The van der Waals surface area contributed by atoms with Crippen LogP contribution in [0.2, 0.25) is 0 Å². The van der Waals surface area contributed by atoms with E-state index in [-0.39, 0.29) is 17.9 Å². The van der Waals surface area contributed by atoms with Crippen molar-refractivity contribution in [3.63, 3.8) is 0 Å². The molecule has 0 unspecified atom stereocenters. The minimum absolute atomic E-state index is 0.00716. The fraction of sp³-hybridized carbons (Fsp3) is 0.471. The van der Waals surface area contributed by atoms with Gasteiger partial charge in [0.15, 0.2) is 5.13 Å². The van der Waals surface area contributed by atoms with Gasteiger partial charge >= 0.3 is 0 Å². The van der Waals surface area contributed by atoms with Gasteiger partial charge in [-0.15, -0.1) is 22.7 Å². The van der Waals surface area contributed by atoms with E-state index in [1.54, 1.807) is 16.2 Å². The predicted molar refractivity (Wildman–Crippen MR) is 99.3 cm³/mol. The van der Waals surface area contributed by atoms with Crippen LogP contribution in [0.3, 0.4) is 0 Å². The molecular formula is C17H20N4O2S2. The standard InChI is InChI=1S/C17H20N4O2S2/c22-15(19-7-9-20(10-8-19)17-18-5-12-25-17)13-3-1-6-21(13)16(23)14-4-2-11-24-14/h2,4-5,11-13H,1,3,6-10H2/t13-/m0/s1. The molecule has 132 valence electrons. The van der Waals surface area contributed by atoms with Crippen LogP contribution >= 0.6 is 22.7 Å². The zero-order valence-corrected chi connectivity index (χ0v) is 15.5. The van der Waals surface area contributed by atoms with E-state index in [2.05, 4.69) is 9.88 Å². The lowest BCUT2D eigenvalue weighted by Gasteiger charge is -2.37. The Hall–Kier alpha value is -1.93. The van der Waals surface area contributed by atoms with E-state index >= 15 is 0 Å². The van der Waals surface area contributed by atoms with Crippen molar-refractivity contribution in [2.45, 2.75) is 18.9 Å². The Kier molecular flexibility index (Phi) is 4.72. The second-order valence-corrected chi connectivity index (χ2v) is 8.08. The number of thiazole rings is 1. The molecule has 0 bridgehead atoms. The minimum atomic E-state index is -0.305. The fourth-order valence-electron chi connectivity index (χ4n) is 3.51. The third-order valence-corrected chi connectivity index (χ3v) is 6.50. The van der Waals surface area contributed by atoms with E-state index < -0.39 is 0 Å². The van der Waals surface area contributed by atoms with Gasteiger partial charge in [0.1, 0.15) is 6.04 Å². The Morgan fingerprint density at radius 2 is 1.92 bits per heavy atom. The number of likely N-dealkylation sites (tertiary alicyclic amines) is 1. The van der Waals surface area contributed by atoms with Gasteiger partial charge < -0.3 is 14.7 Å². The quantitative estimate of drug-likeness (QED) is 0.824. The number of rotatable bonds is 3. The number of thiophene rings is 1. The number of nitrogens with zero attached hydrogens (tertiary/aromatic N) is 4. The van der Waals surface area contributed by atoms with Gasteiger partial charge in [-0.05, 0) is 24.3 Å².